The molecule has 31 heavy (non-hydrogen) atoms. The van der Waals surface area contributed by atoms with Crippen LogP contribution < -0.4 is 9.80 Å². The summed E-state index contributed by atoms with van der Waals surface area (Å²) in [5.41, 5.74) is 3.64. The Morgan fingerprint density at radius 3 is 2.52 bits per heavy atom. The van der Waals surface area contributed by atoms with Gasteiger partial charge in [0.15, 0.2) is 0 Å². The van der Waals surface area contributed by atoms with Gasteiger partial charge in [-0.05, 0) is 63.5 Å². The number of anilines is 3. The lowest BCUT2D eigenvalue weighted by Gasteiger charge is -2.32. The summed E-state index contributed by atoms with van der Waals surface area (Å²) in [7, 11) is 1.84. The molecule has 2 heterocycles. The molecule has 0 N–H and O–H groups in total. The molecule has 2 aliphatic heterocycles. The molecule has 0 radical (unpaired) electrons. The fourth-order valence-corrected chi connectivity index (χ4v) is 4.69. The molecule has 0 bridgehead atoms. The van der Waals surface area contributed by atoms with Gasteiger partial charge >= 0.3 is 5.97 Å². The van der Waals surface area contributed by atoms with Crippen molar-refractivity contribution in [2.75, 3.05) is 49.6 Å². The van der Waals surface area contributed by atoms with E-state index in [9.17, 15) is 9.59 Å². The Kier molecular flexibility index (Phi) is 6.56. The van der Waals surface area contributed by atoms with E-state index in [1.165, 1.54) is 0 Å². The van der Waals surface area contributed by atoms with Crippen molar-refractivity contribution in [3.8, 4) is 0 Å². The summed E-state index contributed by atoms with van der Waals surface area (Å²) in [6.45, 7) is 5.81. The van der Waals surface area contributed by atoms with Crippen LogP contribution in [0.25, 0.3) is 0 Å². The highest BCUT2D eigenvalue weighted by Crippen LogP contribution is 2.39. The average molecular weight is 422 g/mol. The first-order valence-electron chi connectivity index (χ1n) is 11.2. The van der Waals surface area contributed by atoms with Crippen LogP contribution in [0, 0.1) is 5.92 Å². The van der Waals surface area contributed by atoms with Crippen molar-refractivity contribution in [3.63, 3.8) is 0 Å². The van der Waals surface area contributed by atoms with Gasteiger partial charge in [0.2, 0.25) is 0 Å². The molecule has 0 aliphatic carbocycles. The summed E-state index contributed by atoms with van der Waals surface area (Å²) in [6, 6.07) is 15.9. The van der Waals surface area contributed by atoms with E-state index >= 15 is 0 Å². The van der Waals surface area contributed by atoms with Gasteiger partial charge < -0.3 is 19.4 Å². The third-order valence-electron chi connectivity index (χ3n) is 6.25. The number of hydrogen-bond acceptors (Lipinski definition) is 5. The van der Waals surface area contributed by atoms with Crippen LogP contribution in [-0.4, -0.2) is 56.6 Å². The highest BCUT2D eigenvalue weighted by atomic mass is 16.5. The number of nitrogens with zero attached hydrogens (tertiary/aromatic N) is 3. The molecule has 164 valence electrons. The number of para-hydroxylation sites is 3. The number of fused-ring (bicyclic) bond motifs is 2. The third kappa shape index (κ3) is 4.44. The zero-order chi connectivity index (χ0) is 21.8. The number of amides is 1. The Balaban J connectivity index is 1.50. The van der Waals surface area contributed by atoms with Gasteiger partial charge in [-0.3, -0.25) is 9.59 Å². The number of likely N-dealkylation sites (tertiary alicyclic amines) is 1. The van der Waals surface area contributed by atoms with Crippen molar-refractivity contribution in [2.45, 2.75) is 26.2 Å². The Morgan fingerprint density at radius 2 is 1.74 bits per heavy atom. The summed E-state index contributed by atoms with van der Waals surface area (Å²) in [5.74, 6) is -0.0670. The average Bonchev–Trinajstić information content (AvgIpc) is 2.89. The lowest BCUT2D eigenvalue weighted by molar-refractivity contribution is -0.149. The maximum Gasteiger partial charge on any atom is 0.310 e. The second kappa shape index (κ2) is 9.52. The Morgan fingerprint density at radius 1 is 1.03 bits per heavy atom. The fourth-order valence-electron chi connectivity index (χ4n) is 4.69. The molecule has 1 saturated heterocycles. The van der Waals surface area contributed by atoms with Gasteiger partial charge in [0.25, 0.3) is 5.91 Å². The SMILES string of the molecule is CCOC(=O)C1CCCN(CCCN2c3ccccc3C(=O)N(C)c3ccccc32)C1. The summed E-state index contributed by atoms with van der Waals surface area (Å²) in [5, 5.41) is 0. The molecule has 1 unspecified atom stereocenters. The molecule has 1 atom stereocenters. The number of ether oxygens (including phenoxy) is 1. The molecule has 2 aliphatic rings. The number of rotatable bonds is 6. The number of esters is 1. The number of carbonyl (C=O) groups is 2. The number of hydrogen-bond donors (Lipinski definition) is 0. The minimum absolute atomic E-state index is 0.0128. The van der Waals surface area contributed by atoms with Crippen molar-refractivity contribution in [2.24, 2.45) is 5.92 Å². The summed E-state index contributed by atoms with van der Waals surface area (Å²) >= 11 is 0. The molecule has 6 nitrogen and oxygen atoms in total. The molecule has 2 aromatic rings. The van der Waals surface area contributed by atoms with E-state index in [2.05, 4.69) is 15.9 Å². The van der Waals surface area contributed by atoms with Gasteiger partial charge in [0.05, 0.1) is 35.2 Å². The molecule has 0 aromatic heterocycles. The molecular formula is C25H31N3O3. The molecule has 2 aromatic carbocycles. The first-order chi connectivity index (χ1) is 15.1. The Labute approximate surface area is 184 Å². The third-order valence-corrected chi connectivity index (χ3v) is 6.25. The zero-order valence-electron chi connectivity index (χ0n) is 18.4. The quantitative estimate of drug-likeness (QED) is 0.658. The Hall–Kier alpha value is -2.86. The van der Waals surface area contributed by atoms with Gasteiger partial charge in [-0.15, -0.1) is 0 Å². The fraction of sp³-hybridized carbons (Fsp3) is 0.440. The predicted molar refractivity (Wildman–Crippen MR) is 123 cm³/mol. The molecule has 1 amide bonds. The first kappa shape index (κ1) is 21.4. The van der Waals surface area contributed by atoms with Crippen LogP contribution in [0.3, 0.4) is 0 Å². The van der Waals surface area contributed by atoms with Crippen molar-refractivity contribution in [1.82, 2.24) is 4.90 Å². The van der Waals surface area contributed by atoms with E-state index in [4.69, 9.17) is 4.74 Å². The maximum absolute atomic E-state index is 13.1. The van der Waals surface area contributed by atoms with E-state index in [-0.39, 0.29) is 17.8 Å². The standard InChI is InChI=1S/C25H31N3O3/c1-3-31-25(30)19-10-8-15-27(18-19)16-9-17-28-21-12-5-4-11-20(21)24(29)26(2)22-13-6-7-14-23(22)28/h4-7,11-14,19H,3,8-10,15-18H2,1-2H3. The van der Waals surface area contributed by atoms with E-state index in [1.807, 2.05) is 56.4 Å². The lowest BCUT2D eigenvalue weighted by Crippen LogP contribution is -2.40. The van der Waals surface area contributed by atoms with Crippen LogP contribution in [0.1, 0.15) is 36.5 Å². The zero-order valence-corrected chi connectivity index (χ0v) is 18.4. The van der Waals surface area contributed by atoms with Crippen LogP contribution in [0.15, 0.2) is 48.5 Å². The van der Waals surface area contributed by atoms with Crippen molar-refractivity contribution < 1.29 is 14.3 Å². The second-order valence-electron chi connectivity index (χ2n) is 8.27. The summed E-state index contributed by atoms with van der Waals surface area (Å²) in [4.78, 5) is 31.6. The monoisotopic (exact) mass is 421 g/mol. The van der Waals surface area contributed by atoms with Crippen LogP contribution in [0.5, 0.6) is 0 Å². The van der Waals surface area contributed by atoms with Crippen molar-refractivity contribution in [3.05, 3.63) is 54.1 Å². The normalized spacial score (nSPS) is 18.9. The van der Waals surface area contributed by atoms with E-state index in [1.54, 1.807) is 4.90 Å². The van der Waals surface area contributed by atoms with Gasteiger partial charge in [-0.25, -0.2) is 0 Å². The van der Waals surface area contributed by atoms with E-state index in [0.29, 0.717) is 6.61 Å². The van der Waals surface area contributed by atoms with Gasteiger partial charge in [-0.2, -0.15) is 0 Å². The van der Waals surface area contributed by atoms with Crippen LogP contribution in [0.4, 0.5) is 17.1 Å². The van der Waals surface area contributed by atoms with Crippen LogP contribution >= 0.6 is 0 Å². The number of piperidine rings is 1. The van der Waals surface area contributed by atoms with Crippen molar-refractivity contribution in [1.29, 1.82) is 0 Å². The minimum Gasteiger partial charge on any atom is -0.466 e. The number of carbonyl (C=O) groups excluding carboxylic acids is 2. The topological polar surface area (TPSA) is 53.1 Å². The van der Waals surface area contributed by atoms with Gasteiger partial charge in [0, 0.05) is 20.1 Å². The Bertz CT molecular complexity index is 945. The van der Waals surface area contributed by atoms with Gasteiger partial charge in [0.1, 0.15) is 0 Å². The molecule has 6 heteroatoms. The smallest absolute Gasteiger partial charge is 0.310 e. The first-order valence-corrected chi connectivity index (χ1v) is 11.2. The van der Waals surface area contributed by atoms with E-state index < -0.39 is 0 Å². The largest absolute Gasteiger partial charge is 0.466 e. The van der Waals surface area contributed by atoms with Crippen LogP contribution in [0.2, 0.25) is 0 Å². The molecule has 0 spiro atoms. The predicted octanol–water partition coefficient (Wildman–Crippen LogP) is 4.08. The molecule has 0 saturated carbocycles. The molecule has 4 rings (SSSR count). The highest BCUT2D eigenvalue weighted by Gasteiger charge is 2.29. The minimum atomic E-state index is -0.0656. The van der Waals surface area contributed by atoms with Crippen molar-refractivity contribution >= 4 is 28.9 Å². The highest BCUT2D eigenvalue weighted by molar-refractivity contribution is 6.13. The summed E-state index contributed by atoms with van der Waals surface area (Å²) in [6.07, 6.45) is 2.88. The lowest BCUT2D eigenvalue weighted by atomic mass is 9.98. The maximum atomic E-state index is 13.1. The van der Waals surface area contributed by atoms with Gasteiger partial charge in [-0.1, -0.05) is 24.3 Å². The molecular weight excluding hydrogens is 390 g/mol. The second-order valence-corrected chi connectivity index (χ2v) is 8.27. The number of benzene rings is 2. The summed E-state index contributed by atoms with van der Waals surface area (Å²) < 4.78 is 5.23. The molecule has 1 fully saturated rings. The van der Waals surface area contributed by atoms with E-state index in [0.717, 1.165) is 68.1 Å². The van der Waals surface area contributed by atoms with Crippen LogP contribution in [-0.2, 0) is 9.53 Å².